The molecule has 0 saturated carbocycles. The minimum absolute atomic E-state index is 0.106. The maximum absolute atomic E-state index is 13.3. The highest BCUT2D eigenvalue weighted by molar-refractivity contribution is 7.89. The molecule has 2 aromatic rings. The van der Waals surface area contributed by atoms with Crippen molar-refractivity contribution < 1.29 is 26.4 Å². The van der Waals surface area contributed by atoms with E-state index in [9.17, 15) is 26.4 Å². The van der Waals surface area contributed by atoms with Crippen LogP contribution in [0.4, 0.5) is 13.2 Å². The fourth-order valence-electron chi connectivity index (χ4n) is 2.94. The van der Waals surface area contributed by atoms with Crippen LogP contribution in [0.15, 0.2) is 47.4 Å². The Balaban J connectivity index is 1.62. The van der Waals surface area contributed by atoms with E-state index in [0.29, 0.717) is 24.5 Å². The lowest BCUT2D eigenvalue weighted by Crippen LogP contribution is -2.46. The molecule has 3 rings (SSSR count). The summed E-state index contributed by atoms with van der Waals surface area (Å²) in [5.74, 6) is -2.74. The van der Waals surface area contributed by atoms with Gasteiger partial charge in [0.1, 0.15) is 17.5 Å². The zero-order valence-electron chi connectivity index (χ0n) is 14.2. The second-order valence-corrected chi connectivity index (χ2v) is 8.20. The van der Waals surface area contributed by atoms with Crippen LogP contribution in [-0.2, 0) is 10.0 Å². The second kappa shape index (κ2) is 7.69. The van der Waals surface area contributed by atoms with Gasteiger partial charge in [0.2, 0.25) is 10.0 Å². The summed E-state index contributed by atoms with van der Waals surface area (Å²) in [5.41, 5.74) is 0.307. The van der Waals surface area contributed by atoms with Crippen LogP contribution < -0.4 is 5.32 Å². The van der Waals surface area contributed by atoms with Crippen molar-refractivity contribution in [3.8, 4) is 0 Å². The molecule has 0 aliphatic carbocycles. The van der Waals surface area contributed by atoms with Gasteiger partial charge in [-0.2, -0.15) is 4.31 Å². The molecule has 5 nitrogen and oxygen atoms in total. The normalized spacial score (nSPS) is 16.3. The van der Waals surface area contributed by atoms with E-state index in [4.69, 9.17) is 0 Å². The number of hydrogen-bond donors (Lipinski definition) is 1. The molecule has 0 bridgehead atoms. The summed E-state index contributed by atoms with van der Waals surface area (Å²) in [6, 6.07) is 7.01. The third kappa shape index (κ3) is 4.48. The van der Waals surface area contributed by atoms with Crippen molar-refractivity contribution in [1.82, 2.24) is 9.62 Å². The first kappa shape index (κ1) is 19.4. The molecule has 2 aromatic carbocycles. The highest BCUT2D eigenvalue weighted by atomic mass is 32.2. The number of nitrogens with zero attached hydrogens (tertiary/aromatic N) is 1. The number of carbonyl (C=O) groups is 1. The molecule has 0 unspecified atom stereocenters. The highest BCUT2D eigenvalue weighted by Crippen LogP contribution is 2.22. The van der Waals surface area contributed by atoms with Crippen molar-refractivity contribution in [3.05, 3.63) is 65.5 Å². The van der Waals surface area contributed by atoms with E-state index in [1.165, 1.54) is 24.3 Å². The van der Waals surface area contributed by atoms with Gasteiger partial charge < -0.3 is 5.32 Å². The van der Waals surface area contributed by atoms with Crippen LogP contribution in [-0.4, -0.2) is 37.8 Å². The Morgan fingerprint density at radius 2 is 1.48 bits per heavy atom. The van der Waals surface area contributed by atoms with E-state index in [0.717, 1.165) is 16.4 Å². The van der Waals surface area contributed by atoms with Gasteiger partial charge in [-0.15, -0.1) is 0 Å². The molecule has 1 amide bonds. The van der Waals surface area contributed by atoms with Crippen LogP contribution >= 0.6 is 0 Å². The summed E-state index contributed by atoms with van der Waals surface area (Å²) < 4.78 is 65.8. The van der Waals surface area contributed by atoms with Crippen molar-refractivity contribution >= 4 is 15.9 Å². The number of benzene rings is 2. The van der Waals surface area contributed by atoms with Gasteiger partial charge in [0.15, 0.2) is 0 Å². The fraction of sp³-hybridized carbons (Fsp3) is 0.278. The maximum atomic E-state index is 13.3. The highest BCUT2D eigenvalue weighted by Gasteiger charge is 2.30. The molecule has 0 aromatic heterocycles. The van der Waals surface area contributed by atoms with Gasteiger partial charge in [0.25, 0.3) is 5.91 Å². The maximum Gasteiger partial charge on any atom is 0.251 e. The van der Waals surface area contributed by atoms with E-state index in [1.54, 1.807) is 0 Å². The van der Waals surface area contributed by atoms with Crippen molar-refractivity contribution in [1.29, 1.82) is 0 Å². The smallest absolute Gasteiger partial charge is 0.251 e. The molecule has 144 valence electrons. The summed E-state index contributed by atoms with van der Waals surface area (Å²) in [5, 5.41) is 2.78. The fourth-order valence-corrected chi connectivity index (χ4v) is 4.45. The average Bonchev–Trinajstić information content (AvgIpc) is 2.62. The summed E-state index contributed by atoms with van der Waals surface area (Å²) >= 11 is 0. The topological polar surface area (TPSA) is 66.5 Å². The van der Waals surface area contributed by atoms with Crippen molar-refractivity contribution in [2.45, 2.75) is 23.8 Å². The van der Waals surface area contributed by atoms with E-state index < -0.39 is 32.4 Å². The first-order chi connectivity index (χ1) is 12.8. The van der Waals surface area contributed by atoms with Gasteiger partial charge in [-0.25, -0.2) is 21.6 Å². The second-order valence-electron chi connectivity index (χ2n) is 6.26. The molecule has 27 heavy (non-hydrogen) atoms. The van der Waals surface area contributed by atoms with Crippen LogP contribution in [0.1, 0.15) is 23.2 Å². The molecule has 0 spiro atoms. The summed E-state index contributed by atoms with van der Waals surface area (Å²) in [6.07, 6.45) is 0.702. The van der Waals surface area contributed by atoms with Crippen molar-refractivity contribution in [2.75, 3.05) is 13.1 Å². The zero-order chi connectivity index (χ0) is 19.6. The average molecular weight is 398 g/mol. The van der Waals surface area contributed by atoms with Gasteiger partial charge >= 0.3 is 0 Å². The standard InChI is InChI=1S/C18H17F3N2O3S/c19-13-3-1-12(2-4-13)18(24)22-16-5-7-23(8-6-16)27(25,26)17-10-14(20)9-15(21)11-17/h1-4,9-11,16H,5-8H2,(H,22,24). The largest absolute Gasteiger partial charge is 0.349 e. The van der Waals surface area contributed by atoms with Crippen molar-refractivity contribution in [2.24, 2.45) is 0 Å². The van der Waals surface area contributed by atoms with E-state index >= 15 is 0 Å². The molecule has 1 heterocycles. The molecular formula is C18H17F3N2O3S. The number of carbonyl (C=O) groups excluding carboxylic acids is 1. The van der Waals surface area contributed by atoms with E-state index in [1.807, 2.05) is 0 Å². The Kier molecular flexibility index (Phi) is 5.52. The summed E-state index contributed by atoms with van der Waals surface area (Å²) in [7, 11) is -4.02. The number of halogens is 3. The van der Waals surface area contributed by atoms with Gasteiger partial charge in [-0.05, 0) is 49.2 Å². The third-order valence-corrected chi connectivity index (χ3v) is 6.25. The molecule has 9 heteroatoms. The SMILES string of the molecule is O=C(NC1CCN(S(=O)(=O)c2cc(F)cc(F)c2)CC1)c1ccc(F)cc1. The Bertz CT molecular complexity index is 921. The first-order valence-corrected chi connectivity index (χ1v) is 9.72. The zero-order valence-corrected chi connectivity index (χ0v) is 15.0. The number of hydrogen-bond acceptors (Lipinski definition) is 3. The van der Waals surface area contributed by atoms with E-state index in [2.05, 4.69) is 5.32 Å². The summed E-state index contributed by atoms with van der Waals surface area (Å²) in [4.78, 5) is 11.7. The molecule has 1 fully saturated rings. The van der Waals surface area contributed by atoms with Gasteiger partial charge in [-0.1, -0.05) is 0 Å². The molecule has 1 aliphatic rings. The van der Waals surface area contributed by atoms with Crippen LogP contribution in [0.5, 0.6) is 0 Å². The minimum Gasteiger partial charge on any atom is -0.349 e. The number of sulfonamides is 1. The van der Waals surface area contributed by atoms with Crippen LogP contribution in [0.3, 0.4) is 0 Å². The Morgan fingerprint density at radius 1 is 0.926 bits per heavy atom. The number of amides is 1. The molecule has 0 radical (unpaired) electrons. The number of rotatable bonds is 4. The van der Waals surface area contributed by atoms with Gasteiger partial charge in [-0.3, -0.25) is 4.79 Å². The number of nitrogens with one attached hydrogen (secondary N) is 1. The quantitative estimate of drug-likeness (QED) is 0.861. The lowest BCUT2D eigenvalue weighted by atomic mass is 10.1. The number of piperidine rings is 1. The molecule has 1 saturated heterocycles. The third-order valence-electron chi connectivity index (χ3n) is 4.37. The molecular weight excluding hydrogens is 381 g/mol. The predicted molar refractivity (Wildman–Crippen MR) is 92.0 cm³/mol. The Morgan fingerprint density at radius 3 is 2.04 bits per heavy atom. The molecule has 0 atom stereocenters. The van der Waals surface area contributed by atoms with E-state index in [-0.39, 0.29) is 25.0 Å². The van der Waals surface area contributed by atoms with Gasteiger partial charge in [0.05, 0.1) is 4.90 Å². The lowest BCUT2D eigenvalue weighted by molar-refractivity contribution is 0.0924. The monoisotopic (exact) mass is 398 g/mol. The van der Waals surface area contributed by atoms with Gasteiger partial charge in [0, 0.05) is 30.8 Å². The molecule has 1 aliphatic heterocycles. The lowest BCUT2D eigenvalue weighted by Gasteiger charge is -2.31. The predicted octanol–water partition coefficient (Wildman–Crippen LogP) is 2.69. The van der Waals surface area contributed by atoms with Crippen molar-refractivity contribution in [3.63, 3.8) is 0 Å². The first-order valence-electron chi connectivity index (χ1n) is 8.28. The minimum atomic E-state index is -4.02. The van der Waals surface area contributed by atoms with Crippen LogP contribution in [0, 0.1) is 17.5 Å². The Hall–Kier alpha value is -2.39. The summed E-state index contributed by atoms with van der Waals surface area (Å²) in [6.45, 7) is 0.212. The van der Waals surface area contributed by atoms with Crippen LogP contribution in [0.2, 0.25) is 0 Å². The molecule has 1 N–H and O–H groups in total. The van der Waals surface area contributed by atoms with Crippen LogP contribution in [0.25, 0.3) is 0 Å². The Labute approximate surface area is 154 Å².